The van der Waals surface area contributed by atoms with E-state index in [1.807, 2.05) is 24.3 Å². The maximum atomic E-state index is 11.1. The van der Waals surface area contributed by atoms with E-state index in [0.717, 1.165) is 10.2 Å². The Kier molecular flexibility index (Phi) is 5.04. The molecule has 0 aliphatic heterocycles. The molecule has 0 aliphatic rings. The number of aliphatic imine (C=N–C) groups is 1. The fourth-order valence-electron chi connectivity index (χ4n) is 2.58. The van der Waals surface area contributed by atoms with Gasteiger partial charge in [-0.25, -0.2) is 9.98 Å². The van der Waals surface area contributed by atoms with Gasteiger partial charge in [-0.15, -0.1) is 10.2 Å². The molecule has 1 aromatic heterocycles. The number of phenols is 1. The van der Waals surface area contributed by atoms with E-state index in [2.05, 4.69) is 20.2 Å². The van der Waals surface area contributed by atoms with Crippen molar-refractivity contribution in [3.05, 3.63) is 82.4 Å². The number of azo groups is 1. The van der Waals surface area contributed by atoms with Crippen LogP contribution in [0.3, 0.4) is 0 Å². The number of benzene rings is 3. The predicted molar refractivity (Wildman–Crippen MR) is 112 cm³/mol. The third-order valence-electron chi connectivity index (χ3n) is 3.99. The summed E-state index contributed by atoms with van der Waals surface area (Å²) in [6.45, 7) is 0. The lowest BCUT2D eigenvalue weighted by Gasteiger charge is -2.01. The number of rotatable bonds is 5. The minimum atomic E-state index is -0.532. The molecule has 0 saturated carbocycles. The summed E-state index contributed by atoms with van der Waals surface area (Å²) in [5.74, 6) is -0.125. The lowest BCUT2D eigenvalue weighted by atomic mass is 10.2. The molecule has 0 saturated heterocycles. The van der Waals surface area contributed by atoms with Crippen LogP contribution >= 0.6 is 11.3 Å². The topological polar surface area (TPSA) is 113 Å². The molecule has 8 nitrogen and oxygen atoms in total. The zero-order chi connectivity index (χ0) is 20.2. The summed E-state index contributed by atoms with van der Waals surface area (Å²) in [4.78, 5) is 19.3. The van der Waals surface area contributed by atoms with E-state index in [9.17, 15) is 15.2 Å². The largest absolute Gasteiger partial charge is 0.505 e. The molecule has 142 valence electrons. The summed E-state index contributed by atoms with van der Waals surface area (Å²) in [7, 11) is 0. The Bertz CT molecular complexity index is 1230. The Hall–Kier alpha value is -3.98. The average Bonchev–Trinajstić information content (AvgIpc) is 3.15. The maximum Gasteiger partial charge on any atom is 0.296 e. The molecule has 9 heteroatoms. The fraction of sp³-hybridized carbons (Fsp3) is 0. The standard InChI is InChI=1S/C20H13N5O3S/c26-19-13(12-21-20-22-15-8-2-4-11-18(15)29-20)6-5-9-16(19)24-23-14-7-1-3-10-17(14)25(27)28/h1-12,26H. The predicted octanol–water partition coefficient (Wildman–Crippen LogP) is 6.08. The van der Waals surface area contributed by atoms with E-state index in [1.54, 1.807) is 30.3 Å². The molecular formula is C20H13N5O3S. The second kappa shape index (κ2) is 7.95. The van der Waals surface area contributed by atoms with Gasteiger partial charge in [0.25, 0.3) is 5.69 Å². The maximum absolute atomic E-state index is 11.1. The highest BCUT2D eigenvalue weighted by molar-refractivity contribution is 7.22. The van der Waals surface area contributed by atoms with Crippen molar-refractivity contribution in [1.82, 2.24) is 4.98 Å². The van der Waals surface area contributed by atoms with Gasteiger partial charge in [-0.05, 0) is 30.3 Å². The van der Waals surface area contributed by atoms with Crippen molar-refractivity contribution in [2.75, 3.05) is 0 Å². The number of phenolic OH excluding ortho intramolecular Hbond substituents is 1. The summed E-state index contributed by atoms with van der Waals surface area (Å²) < 4.78 is 1.02. The van der Waals surface area contributed by atoms with Crippen LogP contribution in [0.2, 0.25) is 0 Å². The Labute approximate surface area is 168 Å². The van der Waals surface area contributed by atoms with Crippen LogP contribution in [0.4, 0.5) is 22.2 Å². The first kappa shape index (κ1) is 18.4. The van der Waals surface area contributed by atoms with Crippen molar-refractivity contribution in [2.24, 2.45) is 15.2 Å². The van der Waals surface area contributed by atoms with E-state index >= 15 is 0 Å². The van der Waals surface area contributed by atoms with Crippen molar-refractivity contribution in [1.29, 1.82) is 0 Å². The van der Waals surface area contributed by atoms with Gasteiger partial charge in [0.05, 0.1) is 15.1 Å². The van der Waals surface area contributed by atoms with Gasteiger partial charge < -0.3 is 5.11 Å². The highest BCUT2D eigenvalue weighted by Crippen LogP contribution is 2.34. The van der Waals surface area contributed by atoms with Gasteiger partial charge in [0.2, 0.25) is 5.13 Å². The Morgan fingerprint density at radius 3 is 2.52 bits per heavy atom. The van der Waals surface area contributed by atoms with Gasteiger partial charge in [-0.3, -0.25) is 10.1 Å². The van der Waals surface area contributed by atoms with E-state index in [1.165, 1.54) is 29.7 Å². The van der Waals surface area contributed by atoms with Crippen molar-refractivity contribution >= 4 is 50.0 Å². The zero-order valence-electron chi connectivity index (χ0n) is 14.8. The molecule has 0 unspecified atom stereocenters. The fourth-order valence-corrected chi connectivity index (χ4v) is 3.40. The molecule has 0 radical (unpaired) electrons. The molecule has 1 N–H and O–H groups in total. The normalized spacial score (nSPS) is 11.6. The molecule has 29 heavy (non-hydrogen) atoms. The van der Waals surface area contributed by atoms with Crippen molar-refractivity contribution in [3.8, 4) is 5.75 Å². The number of hydrogen-bond donors (Lipinski definition) is 1. The highest BCUT2D eigenvalue weighted by atomic mass is 32.1. The van der Waals surface area contributed by atoms with Crippen molar-refractivity contribution in [3.63, 3.8) is 0 Å². The second-order valence-corrected chi connectivity index (χ2v) is 6.89. The number of thiazole rings is 1. The SMILES string of the molecule is O=[N+]([O-])c1ccccc1N=Nc1cccc(C=Nc2nc3ccccc3s2)c1O. The molecular weight excluding hydrogens is 390 g/mol. The van der Waals surface area contributed by atoms with Crippen LogP contribution in [0, 0.1) is 10.1 Å². The summed E-state index contributed by atoms with van der Waals surface area (Å²) in [6, 6.07) is 18.6. The van der Waals surface area contributed by atoms with Crippen molar-refractivity contribution in [2.45, 2.75) is 0 Å². The highest BCUT2D eigenvalue weighted by Gasteiger charge is 2.12. The zero-order valence-corrected chi connectivity index (χ0v) is 15.7. The smallest absolute Gasteiger partial charge is 0.296 e. The molecule has 4 rings (SSSR count). The van der Waals surface area contributed by atoms with Crippen LogP contribution in [0.25, 0.3) is 10.2 Å². The first-order valence-corrected chi connectivity index (χ1v) is 9.30. The van der Waals surface area contributed by atoms with E-state index in [0.29, 0.717) is 10.7 Å². The van der Waals surface area contributed by atoms with E-state index in [-0.39, 0.29) is 22.8 Å². The third kappa shape index (κ3) is 3.99. The average molecular weight is 403 g/mol. The number of aromatic hydroxyl groups is 1. The Morgan fingerprint density at radius 2 is 1.69 bits per heavy atom. The van der Waals surface area contributed by atoms with Gasteiger partial charge in [0.15, 0.2) is 11.4 Å². The van der Waals surface area contributed by atoms with Gasteiger partial charge in [0, 0.05) is 17.8 Å². The molecule has 0 bridgehead atoms. The summed E-state index contributed by atoms with van der Waals surface area (Å²) in [5, 5.41) is 30.0. The molecule has 0 aliphatic carbocycles. The lowest BCUT2D eigenvalue weighted by molar-refractivity contribution is -0.384. The number of hydrogen-bond acceptors (Lipinski definition) is 8. The van der Waals surface area contributed by atoms with E-state index < -0.39 is 4.92 Å². The Morgan fingerprint density at radius 1 is 0.966 bits per heavy atom. The first-order chi connectivity index (χ1) is 14.1. The van der Waals surface area contributed by atoms with E-state index in [4.69, 9.17) is 0 Å². The summed E-state index contributed by atoms with van der Waals surface area (Å²) >= 11 is 1.44. The summed E-state index contributed by atoms with van der Waals surface area (Å²) in [5.41, 5.74) is 1.41. The van der Waals surface area contributed by atoms with Gasteiger partial charge in [-0.1, -0.05) is 41.7 Å². The minimum Gasteiger partial charge on any atom is -0.505 e. The van der Waals surface area contributed by atoms with Gasteiger partial charge in [0.1, 0.15) is 5.69 Å². The van der Waals surface area contributed by atoms with Gasteiger partial charge in [-0.2, -0.15) is 0 Å². The lowest BCUT2D eigenvalue weighted by Crippen LogP contribution is -1.87. The van der Waals surface area contributed by atoms with Crippen LogP contribution in [0.1, 0.15) is 5.56 Å². The molecule has 0 spiro atoms. The van der Waals surface area contributed by atoms with Crippen molar-refractivity contribution < 1.29 is 10.0 Å². The molecule has 3 aromatic carbocycles. The third-order valence-corrected chi connectivity index (χ3v) is 4.93. The van der Waals surface area contributed by atoms with Gasteiger partial charge >= 0.3 is 0 Å². The number of para-hydroxylation sites is 3. The first-order valence-electron chi connectivity index (χ1n) is 8.48. The number of aromatic nitrogens is 1. The molecule has 0 amide bonds. The molecule has 4 aromatic rings. The number of nitrogens with zero attached hydrogens (tertiary/aromatic N) is 5. The number of nitro benzene ring substituents is 1. The molecule has 0 fully saturated rings. The molecule has 0 atom stereocenters. The van der Waals surface area contributed by atoms with Crippen LogP contribution in [-0.2, 0) is 0 Å². The Balaban J connectivity index is 1.61. The number of nitro groups is 1. The van der Waals surface area contributed by atoms with Crippen LogP contribution < -0.4 is 0 Å². The van der Waals surface area contributed by atoms with Crippen LogP contribution in [0.15, 0.2) is 82.0 Å². The van der Waals surface area contributed by atoms with Crippen LogP contribution in [-0.4, -0.2) is 21.2 Å². The molecule has 1 heterocycles. The quantitative estimate of drug-likeness (QED) is 0.188. The number of fused-ring (bicyclic) bond motifs is 1. The second-order valence-electron chi connectivity index (χ2n) is 5.88. The monoisotopic (exact) mass is 403 g/mol. The van der Waals surface area contributed by atoms with Crippen LogP contribution in [0.5, 0.6) is 5.75 Å². The summed E-state index contributed by atoms with van der Waals surface area (Å²) in [6.07, 6.45) is 1.50. The minimum absolute atomic E-state index is 0.102.